The Balaban J connectivity index is 2.20. The largest absolute Gasteiger partial charge is 0.409 e. The minimum atomic E-state index is -0.800. The number of morpholine rings is 1. The van der Waals surface area contributed by atoms with E-state index in [0.717, 1.165) is 12.8 Å². The average Bonchev–Trinajstić information content (AvgIpc) is 2.86. The SMILES string of the molecule is CC1CN(C(=O)C2(C(N)=NO)CCCC2)CC(C)O1. The summed E-state index contributed by atoms with van der Waals surface area (Å²) in [7, 11) is 0. The van der Waals surface area contributed by atoms with Crippen molar-refractivity contribution >= 4 is 11.7 Å². The number of carbonyl (C=O) groups is 1. The summed E-state index contributed by atoms with van der Waals surface area (Å²) in [4.78, 5) is 14.6. The van der Waals surface area contributed by atoms with Crippen LogP contribution in [0.4, 0.5) is 0 Å². The van der Waals surface area contributed by atoms with E-state index in [0.29, 0.717) is 25.9 Å². The zero-order valence-corrected chi connectivity index (χ0v) is 11.6. The summed E-state index contributed by atoms with van der Waals surface area (Å²) in [5, 5.41) is 12.1. The highest BCUT2D eigenvalue weighted by atomic mass is 16.5. The highest BCUT2D eigenvalue weighted by Crippen LogP contribution is 2.40. The number of carbonyl (C=O) groups excluding carboxylic acids is 1. The van der Waals surface area contributed by atoms with Crippen LogP contribution in [0.3, 0.4) is 0 Å². The lowest BCUT2D eigenvalue weighted by molar-refractivity contribution is -0.150. The van der Waals surface area contributed by atoms with Crippen LogP contribution in [0, 0.1) is 5.41 Å². The lowest BCUT2D eigenvalue weighted by Crippen LogP contribution is -2.56. The zero-order chi connectivity index (χ0) is 14.0. The second-order valence-corrected chi connectivity index (χ2v) is 5.74. The number of nitrogens with two attached hydrogens (primary N) is 1. The Morgan fingerprint density at radius 1 is 1.32 bits per heavy atom. The normalized spacial score (nSPS) is 31.5. The second kappa shape index (κ2) is 5.36. The molecule has 1 aliphatic heterocycles. The van der Waals surface area contributed by atoms with Crippen molar-refractivity contribution in [2.75, 3.05) is 13.1 Å². The van der Waals surface area contributed by atoms with Crippen LogP contribution in [0.1, 0.15) is 39.5 Å². The van der Waals surface area contributed by atoms with Crippen LogP contribution >= 0.6 is 0 Å². The number of rotatable bonds is 2. The van der Waals surface area contributed by atoms with Crippen molar-refractivity contribution in [1.29, 1.82) is 0 Å². The maximum Gasteiger partial charge on any atom is 0.236 e. The minimum Gasteiger partial charge on any atom is -0.409 e. The molecule has 2 aliphatic rings. The van der Waals surface area contributed by atoms with Gasteiger partial charge in [-0.3, -0.25) is 4.79 Å². The van der Waals surface area contributed by atoms with Gasteiger partial charge < -0.3 is 20.6 Å². The van der Waals surface area contributed by atoms with Gasteiger partial charge in [-0.25, -0.2) is 0 Å². The van der Waals surface area contributed by atoms with Crippen molar-refractivity contribution in [2.24, 2.45) is 16.3 Å². The van der Waals surface area contributed by atoms with Crippen molar-refractivity contribution in [2.45, 2.75) is 51.7 Å². The quantitative estimate of drug-likeness (QED) is 0.338. The van der Waals surface area contributed by atoms with Gasteiger partial charge in [0, 0.05) is 13.1 Å². The molecule has 2 unspecified atom stereocenters. The van der Waals surface area contributed by atoms with Crippen molar-refractivity contribution in [3.05, 3.63) is 0 Å². The third-order valence-electron chi connectivity index (χ3n) is 4.17. The van der Waals surface area contributed by atoms with Gasteiger partial charge in [-0.1, -0.05) is 18.0 Å². The Hall–Kier alpha value is -1.30. The summed E-state index contributed by atoms with van der Waals surface area (Å²) in [6, 6.07) is 0. The van der Waals surface area contributed by atoms with E-state index in [-0.39, 0.29) is 24.0 Å². The molecule has 0 bridgehead atoms. The van der Waals surface area contributed by atoms with E-state index in [1.54, 1.807) is 0 Å². The predicted octanol–water partition coefficient (Wildman–Crippen LogP) is 0.929. The fourth-order valence-electron chi connectivity index (χ4n) is 3.30. The van der Waals surface area contributed by atoms with Crippen LogP contribution < -0.4 is 5.73 Å². The van der Waals surface area contributed by atoms with Gasteiger partial charge in [-0.2, -0.15) is 0 Å². The molecule has 0 aromatic rings. The van der Waals surface area contributed by atoms with Gasteiger partial charge >= 0.3 is 0 Å². The van der Waals surface area contributed by atoms with E-state index in [2.05, 4.69) is 5.16 Å². The molecule has 19 heavy (non-hydrogen) atoms. The van der Waals surface area contributed by atoms with E-state index in [4.69, 9.17) is 15.7 Å². The molecule has 1 aliphatic carbocycles. The molecule has 1 saturated carbocycles. The van der Waals surface area contributed by atoms with Crippen LogP contribution in [0.25, 0.3) is 0 Å². The van der Waals surface area contributed by atoms with Gasteiger partial charge in [0.05, 0.1) is 12.2 Å². The molecule has 6 heteroatoms. The topological polar surface area (TPSA) is 88.2 Å². The van der Waals surface area contributed by atoms with Crippen molar-refractivity contribution < 1.29 is 14.7 Å². The first-order valence-corrected chi connectivity index (χ1v) is 6.92. The van der Waals surface area contributed by atoms with Crippen molar-refractivity contribution in [3.8, 4) is 0 Å². The van der Waals surface area contributed by atoms with Gasteiger partial charge in [0.1, 0.15) is 5.41 Å². The van der Waals surface area contributed by atoms with Gasteiger partial charge in [-0.15, -0.1) is 0 Å². The fraction of sp³-hybridized carbons (Fsp3) is 0.846. The number of hydrogen-bond donors (Lipinski definition) is 2. The molecule has 6 nitrogen and oxygen atoms in total. The van der Waals surface area contributed by atoms with Gasteiger partial charge in [0.15, 0.2) is 5.84 Å². The maximum atomic E-state index is 12.8. The van der Waals surface area contributed by atoms with Crippen LogP contribution in [0.15, 0.2) is 5.16 Å². The summed E-state index contributed by atoms with van der Waals surface area (Å²) in [5.74, 6) is 0.0455. The summed E-state index contributed by atoms with van der Waals surface area (Å²) in [5.41, 5.74) is 5.01. The highest BCUT2D eigenvalue weighted by molar-refractivity contribution is 6.07. The summed E-state index contributed by atoms with van der Waals surface area (Å²) < 4.78 is 5.64. The van der Waals surface area contributed by atoms with Crippen molar-refractivity contribution in [3.63, 3.8) is 0 Å². The number of oxime groups is 1. The summed E-state index contributed by atoms with van der Waals surface area (Å²) in [6.07, 6.45) is 3.27. The molecule has 0 aromatic carbocycles. The Kier molecular flexibility index (Phi) is 3.99. The minimum absolute atomic E-state index is 0.0118. The Bertz CT molecular complexity index is 367. The highest BCUT2D eigenvalue weighted by Gasteiger charge is 2.48. The first kappa shape index (κ1) is 14.1. The first-order chi connectivity index (χ1) is 8.99. The number of nitrogens with zero attached hydrogens (tertiary/aromatic N) is 2. The summed E-state index contributed by atoms with van der Waals surface area (Å²) in [6.45, 7) is 5.06. The van der Waals surface area contributed by atoms with Crippen LogP contribution in [-0.2, 0) is 9.53 Å². The molecule has 0 aromatic heterocycles. The third-order valence-corrected chi connectivity index (χ3v) is 4.17. The standard InChI is InChI=1S/C13H23N3O3/c1-9-7-16(8-10(2)19-9)12(17)13(11(14)15-18)5-3-4-6-13/h9-10,18H,3-8H2,1-2H3,(H2,14,15). The number of amidine groups is 1. The smallest absolute Gasteiger partial charge is 0.236 e. The molecule has 2 fully saturated rings. The van der Waals surface area contributed by atoms with E-state index in [1.165, 1.54) is 0 Å². The lowest BCUT2D eigenvalue weighted by atomic mass is 9.83. The number of ether oxygens (including phenoxy) is 1. The number of amides is 1. The molecule has 2 atom stereocenters. The van der Waals surface area contributed by atoms with Gasteiger partial charge in [0.25, 0.3) is 0 Å². The first-order valence-electron chi connectivity index (χ1n) is 6.92. The molecule has 1 saturated heterocycles. The fourth-order valence-corrected chi connectivity index (χ4v) is 3.30. The monoisotopic (exact) mass is 269 g/mol. The third kappa shape index (κ3) is 2.54. The van der Waals surface area contributed by atoms with Crippen molar-refractivity contribution in [1.82, 2.24) is 4.90 Å². The van der Waals surface area contributed by atoms with E-state index in [1.807, 2.05) is 18.7 Å². The molecule has 0 radical (unpaired) electrons. The molecule has 1 heterocycles. The molecule has 2 rings (SSSR count). The van der Waals surface area contributed by atoms with Crippen LogP contribution in [-0.4, -0.2) is 47.1 Å². The Morgan fingerprint density at radius 3 is 2.32 bits per heavy atom. The van der Waals surface area contributed by atoms with E-state index < -0.39 is 5.41 Å². The maximum absolute atomic E-state index is 12.8. The molecular weight excluding hydrogens is 246 g/mol. The molecule has 108 valence electrons. The summed E-state index contributed by atoms with van der Waals surface area (Å²) >= 11 is 0. The van der Waals surface area contributed by atoms with Crippen LogP contribution in [0.5, 0.6) is 0 Å². The average molecular weight is 269 g/mol. The number of hydrogen-bond acceptors (Lipinski definition) is 4. The second-order valence-electron chi connectivity index (χ2n) is 5.74. The molecule has 0 spiro atoms. The Morgan fingerprint density at radius 2 is 1.84 bits per heavy atom. The van der Waals surface area contributed by atoms with Gasteiger partial charge in [0.2, 0.25) is 5.91 Å². The Labute approximate surface area is 113 Å². The molecular formula is C13H23N3O3. The van der Waals surface area contributed by atoms with Gasteiger partial charge in [-0.05, 0) is 26.7 Å². The zero-order valence-electron chi connectivity index (χ0n) is 11.6. The predicted molar refractivity (Wildman–Crippen MR) is 70.9 cm³/mol. The van der Waals surface area contributed by atoms with E-state index in [9.17, 15) is 4.79 Å². The molecule has 1 amide bonds. The van der Waals surface area contributed by atoms with E-state index >= 15 is 0 Å². The van der Waals surface area contributed by atoms with Crippen LogP contribution in [0.2, 0.25) is 0 Å². The lowest BCUT2D eigenvalue weighted by Gasteiger charge is -2.40. The molecule has 3 N–H and O–H groups in total.